The third-order valence-corrected chi connectivity index (χ3v) is 1.84. The third kappa shape index (κ3) is 1.66. The molecule has 1 heterocycles. The van der Waals surface area contributed by atoms with Crippen molar-refractivity contribution in [2.75, 3.05) is 0 Å². The van der Waals surface area contributed by atoms with Crippen LogP contribution in [0.1, 0.15) is 5.56 Å². The SMILES string of the molecule is NC(N)=NCc1ccc2ncoc2c1. The van der Waals surface area contributed by atoms with Crippen molar-refractivity contribution >= 4 is 17.1 Å². The van der Waals surface area contributed by atoms with Crippen LogP contribution in [0.15, 0.2) is 34.0 Å². The average Bonchev–Trinajstić information content (AvgIpc) is 2.61. The summed E-state index contributed by atoms with van der Waals surface area (Å²) < 4.78 is 5.14. The summed E-state index contributed by atoms with van der Waals surface area (Å²) in [6.07, 6.45) is 1.41. The second-order valence-electron chi connectivity index (χ2n) is 2.90. The molecule has 72 valence electrons. The lowest BCUT2D eigenvalue weighted by Gasteiger charge is -1.96. The lowest BCUT2D eigenvalue weighted by molar-refractivity contribution is 0.601. The maximum absolute atomic E-state index is 5.22. The predicted molar refractivity (Wildman–Crippen MR) is 53.5 cm³/mol. The van der Waals surface area contributed by atoms with Crippen LogP contribution >= 0.6 is 0 Å². The minimum Gasteiger partial charge on any atom is -0.443 e. The van der Waals surface area contributed by atoms with Gasteiger partial charge in [-0.25, -0.2) is 9.98 Å². The van der Waals surface area contributed by atoms with E-state index in [2.05, 4.69) is 9.98 Å². The number of nitrogens with zero attached hydrogens (tertiary/aromatic N) is 2. The van der Waals surface area contributed by atoms with Crippen LogP contribution in [-0.4, -0.2) is 10.9 Å². The van der Waals surface area contributed by atoms with Crippen molar-refractivity contribution in [1.82, 2.24) is 4.98 Å². The van der Waals surface area contributed by atoms with Crippen molar-refractivity contribution in [2.45, 2.75) is 6.54 Å². The lowest BCUT2D eigenvalue weighted by atomic mass is 10.2. The average molecular weight is 190 g/mol. The highest BCUT2D eigenvalue weighted by Crippen LogP contribution is 2.14. The Balaban J connectivity index is 2.30. The van der Waals surface area contributed by atoms with Crippen molar-refractivity contribution in [1.29, 1.82) is 0 Å². The van der Waals surface area contributed by atoms with Crippen molar-refractivity contribution in [3.05, 3.63) is 30.2 Å². The number of aliphatic imine (C=N–C) groups is 1. The Labute approximate surface area is 80.4 Å². The fourth-order valence-electron chi connectivity index (χ4n) is 1.18. The molecule has 1 aromatic heterocycles. The zero-order chi connectivity index (χ0) is 9.97. The normalized spacial score (nSPS) is 10.3. The van der Waals surface area contributed by atoms with Gasteiger partial charge in [0.05, 0.1) is 6.54 Å². The Morgan fingerprint density at radius 1 is 1.43 bits per heavy atom. The molecule has 0 aliphatic carbocycles. The minimum atomic E-state index is 0.0858. The minimum absolute atomic E-state index is 0.0858. The van der Waals surface area contributed by atoms with Crippen LogP contribution in [0.2, 0.25) is 0 Å². The van der Waals surface area contributed by atoms with Gasteiger partial charge in [-0.2, -0.15) is 0 Å². The van der Waals surface area contributed by atoms with Crippen LogP contribution < -0.4 is 11.5 Å². The molecule has 14 heavy (non-hydrogen) atoms. The van der Waals surface area contributed by atoms with Gasteiger partial charge in [-0.05, 0) is 17.7 Å². The number of nitrogens with two attached hydrogens (primary N) is 2. The fraction of sp³-hybridized carbons (Fsp3) is 0.111. The molecule has 0 aliphatic heterocycles. The van der Waals surface area contributed by atoms with E-state index in [1.807, 2.05) is 18.2 Å². The number of benzene rings is 1. The highest BCUT2D eigenvalue weighted by molar-refractivity contribution is 5.76. The monoisotopic (exact) mass is 190 g/mol. The van der Waals surface area contributed by atoms with Crippen molar-refractivity contribution in [3.63, 3.8) is 0 Å². The molecule has 4 N–H and O–H groups in total. The quantitative estimate of drug-likeness (QED) is 0.536. The molecule has 0 bridgehead atoms. The Bertz CT molecular complexity index is 470. The first-order valence-electron chi connectivity index (χ1n) is 4.13. The van der Waals surface area contributed by atoms with Crippen LogP contribution in [0.5, 0.6) is 0 Å². The Kier molecular flexibility index (Phi) is 2.06. The van der Waals surface area contributed by atoms with E-state index in [-0.39, 0.29) is 5.96 Å². The summed E-state index contributed by atoms with van der Waals surface area (Å²) in [6, 6.07) is 5.66. The van der Waals surface area contributed by atoms with Gasteiger partial charge < -0.3 is 15.9 Å². The molecule has 0 saturated heterocycles. The molecule has 1 aromatic carbocycles. The van der Waals surface area contributed by atoms with Crippen LogP contribution in [0.4, 0.5) is 0 Å². The first kappa shape index (κ1) is 8.55. The molecule has 0 atom stereocenters. The van der Waals surface area contributed by atoms with Gasteiger partial charge >= 0.3 is 0 Å². The van der Waals surface area contributed by atoms with E-state index in [4.69, 9.17) is 15.9 Å². The maximum atomic E-state index is 5.22. The van der Waals surface area contributed by atoms with Gasteiger partial charge in [0.15, 0.2) is 17.9 Å². The van der Waals surface area contributed by atoms with E-state index in [9.17, 15) is 0 Å². The highest BCUT2D eigenvalue weighted by atomic mass is 16.3. The van der Waals surface area contributed by atoms with Crippen LogP contribution in [0.3, 0.4) is 0 Å². The third-order valence-electron chi connectivity index (χ3n) is 1.84. The molecule has 2 aromatic rings. The van der Waals surface area contributed by atoms with E-state index >= 15 is 0 Å². The highest BCUT2D eigenvalue weighted by Gasteiger charge is 1.99. The van der Waals surface area contributed by atoms with E-state index in [0.29, 0.717) is 6.54 Å². The molecule has 0 saturated carbocycles. The summed E-state index contributed by atoms with van der Waals surface area (Å²) in [5.41, 5.74) is 13.0. The predicted octanol–water partition coefficient (Wildman–Crippen LogP) is 0.601. The first-order valence-corrected chi connectivity index (χ1v) is 4.13. The van der Waals surface area contributed by atoms with Crippen LogP contribution in [0.25, 0.3) is 11.1 Å². The van der Waals surface area contributed by atoms with Crippen molar-refractivity contribution < 1.29 is 4.42 Å². The Morgan fingerprint density at radius 2 is 2.29 bits per heavy atom. The van der Waals surface area contributed by atoms with Crippen molar-refractivity contribution in [2.24, 2.45) is 16.5 Å². The number of oxazole rings is 1. The molecule has 2 rings (SSSR count). The number of hydrogen-bond donors (Lipinski definition) is 2. The molecule has 0 unspecified atom stereocenters. The summed E-state index contributed by atoms with van der Waals surface area (Å²) >= 11 is 0. The zero-order valence-electron chi connectivity index (χ0n) is 7.47. The van der Waals surface area contributed by atoms with E-state index in [0.717, 1.165) is 16.7 Å². The van der Waals surface area contributed by atoms with Gasteiger partial charge in [-0.1, -0.05) is 6.07 Å². The second-order valence-corrected chi connectivity index (χ2v) is 2.90. The van der Waals surface area contributed by atoms with Gasteiger partial charge in [-0.15, -0.1) is 0 Å². The van der Waals surface area contributed by atoms with Gasteiger partial charge in [0.1, 0.15) is 5.52 Å². The van der Waals surface area contributed by atoms with Gasteiger partial charge in [0.2, 0.25) is 0 Å². The second kappa shape index (κ2) is 3.37. The smallest absolute Gasteiger partial charge is 0.186 e. The molecule has 0 aliphatic rings. The zero-order valence-corrected chi connectivity index (χ0v) is 7.47. The maximum Gasteiger partial charge on any atom is 0.186 e. The van der Waals surface area contributed by atoms with E-state index in [1.165, 1.54) is 6.39 Å². The fourth-order valence-corrected chi connectivity index (χ4v) is 1.18. The Hall–Kier alpha value is -2.04. The molecular formula is C9H10N4O. The molecule has 0 radical (unpaired) electrons. The number of hydrogen-bond acceptors (Lipinski definition) is 3. The summed E-state index contributed by atoms with van der Waals surface area (Å²) in [4.78, 5) is 7.90. The number of aromatic nitrogens is 1. The van der Waals surface area contributed by atoms with Crippen molar-refractivity contribution in [3.8, 4) is 0 Å². The molecular weight excluding hydrogens is 180 g/mol. The Morgan fingerprint density at radius 3 is 3.07 bits per heavy atom. The molecule has 5 heteroatoms. The van der Waals surface area contributed by atoms with Gasteiger partial charge in [0.25, 0.3) is 0 Å². The molecule has 0 fully saturated rings. The van der Waals surface area contributed by atoms with E-state index in [1.54, 1.807) is 0 Å². The van der Waals surface area contributed by atoms with E-state index < -0.39 is 0 Å². The molecule has 0 amide bonds. The molecule has 0 spiro atoms. The number of fused-ring (bicyclic) bond motifs is 1. The van der Waals surface area contributed by atoms with Gasteiger partial charge in [-0.3, -0.25) is 0 Å². The summed E-state index contributed by atoms with van der Waals surface area (Å²) in [7, 11) is 0. The summed E-state index contributed by atoms with van der Waals surface area (Å²) in [5.74, 6) is 0.0858. The number of guanidine groups is 1. The summed E-state index contributed by atoms with van der Waals surface area (Å²) in [5, 5.41) is 0. The lowest BCUT2D eigenvalue weighted by Crippen LogP contribution is -2.22. The summed E-state index contributed by atoms with van der Waals surface area (Å²) in [6.45, 7) is 0.457. The van der Waals surface area contributed by atoms with Crippen LogP contribution in [-0.2, 0) is 6.54 Å². The van der Waals surface area contributed by atoms with Crippen LogP contribution in [0, 0.1) is 0 Å². The molecule has 5 nitrogen and oxygen atoms in total. The largest absolute Gasteiger partial charge is 0.443 e. The first-order chi connectivity index (χ1) is 6.75. The number of rotatable bonds is 2. The standard InChI is InChI=1S/C9H10N4O/c10-9(11)12-4-6-1-2-7-8(3-6)14-5-13-7/h1-3,5H,4H2,(H4,10,11,12). The van der Waals surface area contributed by atoms with Gasteiger partial charge in [0, 0.05) is 0 Å². The topological polar surface area (TPSA) is 90.4 Å².